The Kier molecular flexibility index (Phi) is 6.88. The van der Waals surface area contributed by atoms with Crippen molar-refractivity contribution < 1.29 is 4.79 Å². The minimum absolute atomic E-state index is 0.00982. The third-order valence-electron chi connectivity index (χ3n) is 5.07. The van der Waals surface area contributed by atoms with E-state index in [0.717, 1.165) is 29.8 Å². The molecular formula is C23H26ClN3O. The van der Waals surface area contributed by atoms with Crippen LogP contribution in [-0.2, 0) is 18.3 Å². The van der Waals surface area contributed by atoms with Crippen LogP contribution in [0.15, 0.2) is 67.0 Å². The van der Waals surface area contributed by atoms with E-state index < -0.39 is 0 Å². The Labute approximate surface area is 171 Å². The van der Waals surface area contributed by atoms with Crippen molar-refractivity contribution in [2.75, 3.05) is 13.6 Å². The average Bonchev–Trinajstić information content (AvgIpc) is 3.11. The molecule has 0 saturated carbocycles. The fourth-order valence-corrected chi connectivity index (χ4v) is 3.60. The van der Waals surface area contributed by atoms with Crippen LogP contribution in [0.4, 0.5) is 0 Å². The number of aromatic nitrogens is 2. The molecule has 0 aliphatic heterocycles. The summed E-state index contributed by atoms with van der Waals surface area (Å²) >= 11 is 6.20. The van der Waals surface area contributed by atoms with Gasteiger partial charge in [-0.1, -0.05) is 54.1 Å². The third-order valence-corrected chi connectivity index (χ3v) is 5.31. The molecule has 5 heteroatoms. The van der Waals surface area contributed by atoms with E-state index >= 15 is 0 Å². The van der Waals surface area contributed by atoms with Gasteiger partial charge in [-0.3, -0.25) is 4.79 Å². The molecule has 0 bridgehead atoms. The summed E-state index contributed by atoms with van der Waals surface area (Å²) in [5, 5.41) is 0.689. The Morgan fingerprint density at radius 1 is 1.14 bits per heavy atom. The van der Waals surface area contributed by atoms with Crippen LogP contribution < -0.4 is 0 Å². The zero-order chi connectivity index (χ0) is 19.9. The van der Waals surface area contributed by atoms with Crippen molar-refractivity contribution in [3.63, 3.8) is 0 Å². The summed E-state index contributed by atoms with van der Waals surface area (Å²) in [7, 11) is 3.87. The number of hydrogen-bond donors (Lipinski definition) is 0. The highest BCUT2D eigenvalue weighted by atomic mass is 35.5. The van der Waals surface area contributed by atoms with Crippen molar-refractivity contribution in [3.8, 4) is 0 Å². The topological polar surface area (TPSA) is 38.1 Å². The van der Waals surface area contributed by atoms with Crippen LogP contribution in [-0.4, -0.2) is 34.0 Å². The number of halogens is 1. The number of carbonyl (C=O) groups excluding carboxylic acids is 1. The van der Waals surface area contributed by atoms with Gasteiger partial charge in [0.2, 0.25) is 5.91 Å². The molecule has 0 fully saturated rings. The van der Waals surface area contributed by atoms with E-state index in [1.54, 1.807) is 6.20 Å². The van der Waals surface area contributed by atoms with Gasteiger partial charge in [-0.05, 0) is 29.7 Å². The molecule has 146 valence electrons. The van der Waals surface area contributed by atoms with E-state index in [1.165, 1.54) is 0 Å². The number of imidazole rings is 1. The van der Waals surface area contributed by atoms with Crippen LogP contribution in [0.1, 0.15) is 35.7 Å². The lowest BCUT2D eigenvalue weighted by atomic mass is 9.88. The molecule has 28 heavy (non-hydrogen) atoms. The lowest BCUT2D eigenvalue weighted by molar-refractivity contribution is -0.130. The molecule has 3 aromatic rings. The number of hydrogen-bond acceptors (Lipinski definition) is 2. The Balaban J connectivity index is 1.66. The molecule has 0 N–H and O–H groups in total. The molecule has 0 radical (unpaired) electrons. The summed E-state index contributed by atoms with van der Waals surface area (Å²) in [6.07, 6.45) is 5.92. The van der Waals surface area contributed by atoms with E-state index in [1.807, 2.05) is 72.2 Å². The lowest BCUT2D eigenvalue weighted by Crippen LogP contribution is -2.29. The maximum Gasteiger partial charge on any atom is 0.223 e. The second kappa shape index (κ2) is 9.56. The fraction of sp³-hybridized carbons (Fsp3) is 0.304. The SMILES string of the molecule is CN(CCCc1nccn1C)C(=O)CC(c1ccccc1)c1cccc(Cl)c1. The minimum Gasteiger partial charge on any atom is -0.346 e. The summed E-state index contributed by atoms with van der Waals surface area (Å²) in [6.45, 7) is 0.711. The average molecular weight is 396 g/mol. The van der Waals surface area contributed by atoms with Gasteiger partial charge in [-0.2, -0.15) is 0 Å². The highest BCUT2D eigenvalue weighted by Gasteiger charge is 2.20. The third kappa shape index (κ3) is 5.23. The summed E-state index contributed by atoms with van der Waals surface area (Å²) in [4.78, 5) is 19.1. The Bertz CT molecular complexity index is 907. The van der Waals surface area contributed by atoms with Crippen LogP contribution in [0.25, 0.3) is 0 Å². The fourth-order valence-electron chi connectivity index (χ4n) is 3.40. The van der Waals surface area contributed by atoms with Gasteiger partial charge in [-0.25, -0.2) is 4.98 Å². The van der Waals surface area contributed by atoms with Crippen molar-refractivity contribution in [2.45, 2.75) is 25.2 Å². The summed E-state index contributed by atoms with van der Waals surface area (Å²) in [6, 6.07) is 17.9. The van der Waals surface area contributed by atoms with E-state index in [2.05, 4.69) is 17.1 Å². The van der Waals surface area contributed by atoms with Crippen molar-refractivity contribution in [1.29, 1.82) is 0 Å². The molecule has 0 spiro atoms. The maximum absolute atomic E-state index is 12.9. The number of rotatable bonds is 8. The van der Waals surface area contributed by atoms with Crippen molar-refractivity contribution >= 4 is 17.5 Å². The van der Waals surface area contributed by atoms with Crippen molar-refractivity contribution in [2.24, 2.45) is 7.05 Å². The molecule has 0 aliphatic carbocycles. The van der Waals surface area contributed by atoms with E-state index in [9.17, 15) is 4.79 Å². The summed E-state index contributed by atoms with van der Waals surface area (Å²) in [5.41, 5.74) is 2.19. The first-order valence-corrected chi connectivity index (χ1v) is 9.93. The smallest absolute Gasteiger partial charge is 0.223 e. The van der Waals surface area contributed by atoms with Gasteiger partial charge in [0.05, 0.1) is 0 Å². The minimum atomic E-state index is -0.00982. The van der Waals surface area contributed by atoms with E-state index in [0.29, 0.717) is 18.0 Å². The van der Waals surface area contributed by atoms with Gasteiger partial charge in [0.15, 0.2) is 0 Å². The van der Waals surface area contributed by atoms with Gasteiger partial charge in [0, 0.05) is 56.8 Å². The van der Waals surface area contributed by atoms with Crippen LogP contribution in [0, 0.1) is 0 Å². The number of nitrogens with zero attached hydrogens (tertiary/aromatic N) is 3. The molecule has 1 amide bonds. The Hall–Kier alpha value is -2.59. The van der Waals surface area contributed by atoms with Crippen LogP contribution in [0.3, 0.4) is 0 Å². The summed E-state index contributed by atoms with van der Waals surface area (Å²) < 4.78 is 2.02. The molecule has 1 unspecified atom stereocenters. The molecule has 0 saturated heterocycles. The van der Waals surface area contributed by atoms with Gasteiger partial charge in [-0.15, -0.1) is 0 Å². The molecule has 1 atom stereocenters. The van der Waals surface area contributed by atoms with Gasteiger partial charge in [0.25, 0.3) is 0 Å². The highest BCUT2D eigenvalue weighted by molar-refractivity contribution is 6.30. The number of amides is 1. The largest absolute Gasteiger partial charge is 0.346 e. The molecule has 3 rings (SSSR count). The van der Waals surface area contributed by atoms with Crippen LogP contribution in [0.5, 0.6) is 0 Å². The van der Waals surface area contributed by atoms with E-state index in [-0.39, 0.29) is 11.8 Å². The second-order valence-corrected chi connectivity index (χ2v) is 7.53. The van der Waals surface area contributed by atoms with Crippen molar-refractivity contribution in [3.05, 3.63) is 89.0 Å². The molecule has 1 aromatic heterocycles. The normalized spacial score (nSPS) is 12.0. The standard InChI is InChI=1S/C23H26ClN3O/c1-26-15-13-25-22(26)12-7-14-27(2)23(28)17-21(18-8-4-3-5-9-18)19-10-6-11-20(24)16-19/h3-6,8-11,13,15-16,21H,7,12,14,17H2,1-2H3. The van der Waals surface area contributed by atoms with E-state index in [4.69, 9.17) is 11.6 Å². The Morgan fingerprint density at radius 2 is 1.89 bits per heavy atom. The van der Waals surface area contributed by atoms with Gasteiger partial charge in [0.1, 0.15) is 5.82 Å². The second-order valence-electron chi connectivity index (χ2n) is 7.10. The number of aryl methyl sites for hydroxylation is 2. The first-order valence-electron chi connectivity index (χ1n) is 9.55. The van der Waals surface area contributed by atoms with Gasteiger partial charge < -0.3 is 9.47 Å². The van der Waals surface area contributed by atoms with Crippen molar-refractivity contribution in [1.82, 2.24) is 14.5 Å². The predicted octanol–water partition coefficient (Wildman–Crippen LogP) is 4.69. The summed E-state index contributed by atoms with van der Waals surface area (Å²) in [5.74, 6) is 1.17. The zero-order valence-corrected chi connectivity index (χ0v) is 17.1. The number of carbonyl (C=O) groups is 1. The van der Waals surface area contributed by atoms with Crippen LogP contribution in [0.2, 0.25) is 5.02 Å². The molecule has 4 nitrogen and oxygen atoms in total. The maximum atomic E-state index is 12.9. The molecule has 2 aromatic carbocycles. The lowest BCUT2D eigenvalue weighted by Gasteiger charge is -2.22. The van der Waals surface area contributed by atoms with Crippen LogP contribution >= 0.6 is 11.6 Å². The molecule has 1 heterocycles. The van der Waals surface area contributed by atoms with Gasteiger partial charge >= 0.3 is 0 Å². The zero-order valence-electron chi connectivity index (χ0n) is 16.4. The monoisotopic (exact) mass is 395 g/mol. The molecular weight excluding hydrogens is 370 g/mol. The quantitative estimate of drug-likeness (QED) is 0.555. The predicted molar refractivity (Wildman–Crippen MR) is 114 cm³/mol. The Morgan fingerprint density at radius 3 is 2.57 bits per heavy atom. The first-order chi connectivity index (χ1) is 13.5. The highest BCUT2D eigenvalue weighted by Crippen LogP contribution is 2.30. The first kappa shape index (κ1) is 20.2. The number of benzene rings is 2. The molecule has 0 aliphatic rings.